The molecule has 5 nitrogen and oxygen atoms in total. The molecule has 7 heteroatoms. The van der Waals surface area contributed by atoms with Crippen LogP contribution >= 0.6 is 0 Å². The first-order valence-corrected chi connectivity index (χ1v) is 9.40. The second kappa shape index (κ2) is 7.68. The molecule has 156 valence electrons. The SMILES string of the molecule is Cc1cc(/C(O)=C2\C(=O)C(=O)N(c3cccc(F)c3)C2c2ccc(O)cc2)ccc1F. The Kier molecular flexibility index (Phi) is 5.02. The molecule has 2 N–H and O–H groups in total. The number of aryl methyl sites for hydroxylation is 1. The summed E-state index contributed by atoms with van der Waals surface area (Å²) in [4.78, 5) is 27.0. The Morgan fingerprint density at radius 3 is 2.32 bits per heavy atom. The lowest BCUT2D eigenvalue weighted by atomic mass is 9.94. The second-order valence-corrected chi connectivity index (χ2v) is 7.20. The summed E-state index contributed by atoms with van der Waals surface area (Å²) in [6, 6.07) is 13.7. The van der Waals surface area contributed by atoms with E-state index >= 15 is 0 Å². The largest absolute Gasteiger partial charge is 0.508 e. The van der Waals surface area contributed by atoms with Crippen LogP contribution in [0.1, 0.15) is 22.7 Å². The molecule has 0 bridgehead atoms. The third kappa shape index (κ3) is 3.54. The number of phenolic OH excluding ortho intramolecular Hbond substituents is 1. The van der Waals surface area contributed by atoms with E-state index in [0.717, 1.165) is 17.0 Å². The molecule has 0 radical (unpaired) electrons. The van der Waals surface area contributed by atoms with Gasteiger partial charge in [0.1, 0.15) is 23.1 Å². The van der Waals surface area contributed by atoms with Gasteiger partial charge in [-0.2, -0.15) is 0 Å². The number of aliphatic hydroxyl groups excluding tert-OH is 1. The maximum absolute atomic E-state index is 13.9. The number of ketones is 1. The van der Waals surface area contributed by atoms with E-state index in [1.54, 1.807) is 0 Å². The van der Waals surface area contributed by atoms with E-state index in [-0.39, 0.29) is 28.1 Å². The van der Waals surface area contributed by atoms with Gasteiger partial charge in [0.15, 0.2) is 0 Å². The van der Waals surface area contributed by atoms with Crippen LogP contribution in [0.5, 0.6) is 5.75 Å². The minimum Gasteiger partial charge on any atom is -0.508 e. The van der Waals surface area contributed by atoms with E-state index in [1.807, 2.05) is 0 Å². The molecule has 3 aromatic rings. The van der Waals surface area contributed by atoms with Gasteiger partial charge in [-0.15, -0.1) is 0 Å². The van der Waals surface area contributed by atoms with Crippen molar-refractivity contribution >= 4 is 23.1 Å². The summed E-state index contributed by atoms with van der Waals surface area (Å²) in [5, 5.41) is 20.6. The van der Waals surface area contributed by atoms with E-state index in [2.05, 4.69) is 0 Å². The van der Waals surface area contributed by atoms with Crippen molar-refractivity contribution in [1.29, 1.82) is 0 Å². The Balaban J connectivity index is 1.96. The number of amides is 1. The molecule has 0 aliphatic carbocycles. The molecular weight excluding hydrogens is 404 g/mol. The van der Waals surface area contributed by atoms with Crippen LogP contribution < -0.4 is 4.90 Å². The smallest absolute Gasteiger partial charge is 0.300 e. The standard InChI is InChI=1S/C24H17F2NO4/c1-13-11-15(7-10-19(13)26)22(29)20-21(14-5-8-18(28)9-6-14)27(24(31)23(20)30)17-4-2-3-16(25)12-17/h2-12,21,28-29H,1H3/b22-20+. The number of rotatable bonds is 3. The number of nitrogens with zero attached hydrogens (tertiary/aromatic N) is 1. The van der Waals surface area contributed by atoms with Crippen molar-refractivity contribution in [2.24, 2.45) is 0 Å². The molecule has 1 fully saturated rings. The zero-order valence-electron chi connectivity index (χ0n) is 16.3. The van der Waals surface area contributed by atoms with E-state index in [9.17, 15) is 28.6 Å². The molecule has 1 unspecified atom stereocenters. The summed E-state index contributed by atoms with van der Waals surface area (Å²) < 4.78 is 27.6. The van der Waals surface area contributed by atoms with Gasteiger partial charge in [0.05, 0.1) is 11.6 Å². The third-order valence-corrected chi connectivity index (χ3v) is 5.17. The number of carbonyl (C=O) groups is 2. The highest BCUT2D eigenvalue weighted by atomic mass is 19.1. The van der Waals surface area contributed by atoms with Crippen molar-refractivity contribution in [3.05, 3.63) is 101 Å². The highest BCUT2D eigenvalue weighted by Gasteiger charge is 2.47. The number of Topliss-reactive ketones (excluding diaryl/α,β-unsaturated/α-hetero) is 1. The molecule has 4 rings (SSSR count). The molecule has 0 aromatic heterocycles. The number of aromatic hydroxyl groups is 1. The number of phenols is 1. The van der Waals surface area contributed by atoms with Crippen molar-refractivity contribution in [3.8, 4) is 5.75 Å². The zero-order valence-corrected chi connectivity index (χ0v) is 16.3. The fourth-order valence-corrected chi connectivity index (χ4v) is 3.64. The molecule has 0 spiro atoms. The molecule has 1 saturated heterocycles. The van der Waals surface area contributed by atoms with Crippen molar-refractivity contribution in [2.75, 3.05) is 4.90 Å². The number of anilines is 1. The molecule has 1 aliphatic heterocycles. The van der Waals surface area contributed by atoms with Crippen molar-refractivity contribution in [1.82, 2.24) is 0 Å². The second-order valence-electron chi connectivity index (χ2n) is 7.20. The summed E-state index contributed by atoms with van der Waals surface area (Å²) in [7, 11) is 0. The number of hydrogen-bond donors (Lipinski definition) is 2. The minimum atomic E-state index is -1.08. The highest BCUT2D eigenvalue weighted by molar-refractivity contribution is 6.51. The first-order valence-electron chi connectivity index (χ1n) is 9.40. The van der Waals surface area contributed by atoms with Gasteiger partial charge in [-0.1, -0.05) is 18.2 Å². The van der Waals surface area contributed by atoms with Gasteiger partial charge >= 0.3 is 0 Å². The lowest BCUT2D eigenvalue weighted by Gasteiger charge is -2.25. The van der Waals surface area contributed by atoms with Gasteiger partial charge in [0.2, 0.25) is 0 Å². The van der Waals surface area contributed by atoms with E-state index in [0.29, 0.717) is 5.56 Å². The fourth-order valence-electron chi connectivity index (χ4n) is 3.64. The Labute approximate surface area is 176 Å². The normalized spacial score (nSPS) is 17.9. The lowest BCUT2D eigenvalue weighted by molar-refractivity contribution is -0.132. The first-order chi connectivity index (χ1) is 14.8. The Morgan fingerprint density at radius 2 is 1.68 bits per heavy atom. The predicted molar refractivity (Wildman–Crippen MR) is 110 cm³/mol. The topological polar surface area (TPSA) is 77.8 Å². The van der Waals surface area contributed by atoms with Crippen LogP contribution in [0.3, 0.4) is 0 Å². The van der Waals surface area contributed by atoms with Gasteiger partial charge in [-0.25, -0.2) is 8.78 Å². The van der Waals surface area contributed by atoms with E-state index < -0.39 is 35.1 Å². The van der Waals surface area contributed by atoms with Crippen molar-refractivity contribution in [2.45, 2.75) is 13.0 Å². The summed E-state index contributed by atoms with van der Waals surface area (Å²) >= 11 is 0. The molecule has 1 heterocycles. The van der Waals surface area contributed by atoms with Gasteiger partial charge in [-0.05, 0) is 66.6 Å². The monoisotopic (exact) mass is 421 g/mol. The lowest BCUT2D eigenvalue weighted by Crippen LogP contribution is -2.29. The Hall–Kier alpha value is -4.00. The van der Waals surface area contributed by atoms with Crippen LogP contribution in [-0.2, 0) is 9.59 Å². The quantitative estimate of drug-likeness (QED) is 0.368. The summed E-state index contributed by atoms with van der Waals surface area (Å²) in [5.74, 6) is -3.48. The maximum Gasteiger partial charge on any atom is 0.300 e. The molecule has 1 amide bonds. The summed E-state index contributed by atoms with van der Waals surface area (Å²) in [6.07, 6.45) is 0. The predicted octanol–water partition coefficient (Wildman–Crippen LogP) is 4.61. The number of halogens is 2. The van der Waals surface area contributed by atoms with Crippen LogP contribution in [0.4, 0.5) is 14.5 Å². The molecular formula is C24H17F2NO4. The average molecular weight is 421 g/mol. The van der Waals surface area contributed by atoms with Crippen LogP contribution in [0, 0.1) is 18.6 Å². The molecule has 3 aromatic carbocycles. The van der Waals surface area contributed by atoms with Gasteiger partial charge < -0.3 is 10.2 Å². The number of aliphatic hydroxyl groups is 1. The molecule has 0 saturated carbocycles. The zero-order chi connectivity index (χ0) is 22.3. The summed E-state index contributed by atoms with van der Waals surface area (Å²) in [5.41, 5.74) is 0.756. The van der Waals surface area contributed by atoms with Gasteiger partial charge in [0, 0.05) is 11.3 Å². The van der Waals surface area contributed by atoms with Crippen molar-refractivity contribution < 1.29 is 28.6 Å². The molecule has 1 aliphatic rings. The van der Waals surface area contributed by atoms with E-state index in [4.69, 9.17) is 0 Å². The average Bonchev–Trinajstić information content (AvgIpc) is 3.01. The first kappa shape index (κ1) is 20.3. The van der Waals surface area contributed by atoms with Gasteiger partial charge in [0.25, 0.3) is 11.7 Å². The van der Waals surface area contributed by atoms with Crippen LogP contribution in [0.2, 0.25) is 0 Å². The molecule has 31 heavy (non-hydrogen) atoms. The maximum atomic E-state index is 13.9. The number of benzene rings is 3. The fraction of sp³-hybridized carbons (Fsp3) is 0.0833. The summed E-state index contributed by atoms with van der Waals surface area (Å²) in [6.45, 7) is 1.51. The highest BCUT2D eigenvalue weighted by Crippen LogP contribution is 2.42. The van der Waals surface area contributed by atoms with Crippen LogP contribution in [-0.4, -0.2) is 21.9 Å². The molecule has 1 atom stereocenters. The number of carbonyl (C=O) groups excluding carboxylic acids is 2. The van der Waals surface area contributed by atoms with Gasteiger partial charge in [-0.3, -0.25) is 14.5 Å². The third-order valence-electron chi connectivity index (χ3n) is 5.17. The van der Waals surface area contributed by atoms with Crippen molar-refractivity contribution in [3.63, 3.8) is 0 Å². The number of hydrogen-bond acceptors (Lipinski definition) is 4. The Bertz CT molecular complexity index is 1230. The minimum absolute atomic E-state index is 0.0272. The van der Waals surface area contributed by atoms with Crippen LogP contribution in [0.25, 0.3) is 5.76 Å². The van der Waals surface area contributed by atoms with Crippen LogP contribution in [0.15, 0.2) is 72.3 Å². The van der Waals surface area contributed by atoms with E-state index in [1.165, 1.54) is 61.5 Å². The Morgan fingerprint density at radius 1 is 0.968 bits per heavy atom.